The lowest BCUT2D eigenvalue weighted by Gasteiger charge is -2.30. The number of carboxylic acid groups (broad SMARTS) is 1. The summed E-state index contributed by atoms with van der Waals surface area (Å²) >= 11 is 0. The molecular weight excluding hydrogens is 350 g/mol. The Morgan fingerprint density at radius 2 is 2.26 bits per heavy atom. The van der Waals surface area contributed by atoms with Crippen molar-refractivity contribution in [2.24, 2.45) is 0 Å². The number of piperazine rings is 1. The van der Waals surface area contributed by atoms with Crippen molar-refractivity contribution in [1.82, 2.24) is 25.4 Å². The van der Waals surface area contributed by atoms with E-state index < -0.39 is 0 Å². The number of nitrogens with one attached hydrogen (secondary N) is 2. The van der Waals surface area contributed by atoms with Crippen LogP contribution >= 0.6 is 0 Å². The smallest absolute Gasteiger partial charge is 0.290 e. The van der Waals surface area contributed by atoms with Crippen LogP contribution in [0.1, 0.15) is 16.9 Å². The first kappa shape index (κ1) is 17.4. The second-order valence-corrected chi connectivity index (χ2v) is 6.65. The van der Waals surface area contributed by atoms with Gasteiger partial charge in [0.2, 0.25) is 11.7 Å². The van der Waals surface area contributed by atoms with E-state index >= 15 is 0 Å². The van der Waals surface area contributed by atoms with Crippen LogP contribution < -0.4 is 5.32 Å². The van der Waals surface area contributed by atoms with E-state index in [4.69, 9.17) is 14.3 Å². The van der Waals surface area contributed by atoms with E-state index in [2.05, 4.69) is 25.4 Å². The number of rotatable bonds is 3. The number of aromatic amines is 1. The van der Waals surface area contributed by atoms with E-state index in [0.29, 0.717) is 17.6 Å². The summed E-state index contributed by atoms with van der Waals surface area (Å²) in [7, 11) is 2.03. The number of H-pyrrole nitrogens is 1. The molecule has 3 aromatic rings. The van der Waals surface area contributed by atoms with Crippen molar-refractivity contribution in [3.05, 3.63) is 36.4 Å². The third-order valence-corrected chi connectivity index (χ3v) is 5.28. The molecule has 0 saturated carbocycles. The highest BCUT2D eigenvalue weighted by atomic mass is 16.3. The number of fused-ring (bicyclic) bond motifs is 3. The van der Waals surface area contributed by atoms with E-state index in [-0.39, 0.29) is 24.3 Å². The summed E-state index contributed by atoms with van der Waals surface area (Å²) in [6.07, 6.45) is 4.18. The number of nitrogens with zero attached hydrogens (tertiary/aromatic N) is 3. The Hall–Kier alpha value is -3.04. The van der Waals surface area contributed by atoms with Gasteiger partial charge in [-0.1, -0.05) is 0 Å². The zero-order valence-electron chi connectivity index (χ0n) is 14.6. The number of benzene rings is 1. The number of Topliss-reactive ketones (excluding diaryl/α,β-unsaturated/α-hetero) is 1. The number of aromatic nitrogens is 3. The monoisotopic (exact) mass is 369 g/mol. The molecule has 5 rings (SSSR count). The topological polar surface area (TPSA) is 124 Å². The van der Waals surface area contributed by atoms with Gasteiger partial charge in [-0.25, -0.2) is 4.98 Å². The van der Waals surface area contributed by atoms with Gasteiger partial charge >= 0.3 is 0 Å². The fraction of sp³-hybridized carbons (Fsp3) is 0.333. The first-order valence-corrected chi connectivity index (χ1v) is 8.59. The molecule has 9 heteroatoms. The Labute approximate surface area is 154 Å². The second kappa shape index (κ2) is 6.93. The Balaban J connectivity index is 0.000000565. The van der Waals surface area contributed by atoms with Gasteiger partial charge in [0.15, 0.2) is 0 Å². The molecule has 3 atom stereocenters. The van der Waals surface area contributed by atoms with Gasteiger partial charge in [0.1, 0.15) is 12.0 Å². The fourth-order valence-electron chi connectivity index (χ4n) is 4.02. The maximum atomic E-state index is 13.0. The molecule has 2 bridgehead atoms. The molecule has 3 N–H and O–H groups in total. The molecule has 9 nitrogen and oxygen atoms in total. The molecule has 2 saturated heterocycles. The van der Waals surface area contributed by atoms with Crippen LogP contribution in [0.3, 0.4) is 0 Å². The predicted molar refractivity (Wildman–Crippen MR) is 96.4 cm³/mol. The molecule has 1 aromatic carbocycles. The van der Waals surface area contributed by atoms with Gasteiger partial charge in [-0.15, -0.1) is 0 Å². The number of likely N-dealkylation sites (tertiary alicyclic amines) is 1. The van der Waals surface area contributed by atoms with E-state index in [0.717, 1.165) is 29.4 Å². The molecule has 0 spiro atoms. The molecule has 1 unspecified atom stereocenters. The molecule has 4 heterocycles. The van der Waals surface area contributed by atoms with Gasteiger partial charge < -0.3 is 14.8 Å². The number of carbonyl (C=O) groups is 2. The summed E-state index contributed by atoms with van der Waals surface area (Å²) in [4.78, 5) is 27.7. The van der Waals surface area contributed by atoms with Crippen molar-refractivity contribution in [3.8, 4) is 11.5 Å². The van der Waals surface area contributed by atoms with Gasteiger partial charge in [-0.3, -0.25) is 19.6 Å². The maximum Gasteiger partial charge on any atom is 0.290 e. The predicted octanol–water partition coefficient (Wildman–Crippen LogP) is 1.15. The van der Waals surface area contributed by atoms with Gasteiger partial charge in [-0.05, 0) is 31.7 Å². The number of hydrogen-bond donors (Lipinski definition) is 3. The molecule has 0 amide bonds. The summed E-state index contributed by atoms with van der Waals surface area (Å²) in [6, 6.07) is 6.27. The summed E-state index contributed by atoms with van der Waals surface area (Å²) in [6.45, 7) is 0.714. The van der Waals surface area contributed by atoms with Crippen molar-refractivity contribution >= 4 is 23.2 Å². The maximum absolute atomic E-state index is 13.0. The fourth-order valence-corrected chi connectivity index (χ4v) is 4.02. The highest BCUT2D eigenvalue weighted by Gasteiger charge is 2.48. The molecule has 0 radical (unpaired) electrons. The van der Waals surface area contributed by atoms with E-state index in [1.54, 1.807) is 12.5 Å². The minimum absolute atomic E-state index is 0.0762. The summed E-state index contributed by atoms with van der Waals surface area (Å²) < 4.78 is 5.32. The van der Waals surface area contributed by atoms with Crippen LogP contribution in [0, 0.1) is 0 Å². The Kier molecular flexibility index (Phi) is 4.46. The number of hydrogen-bond acceptors (Lipinski definition) is 7. The Morgan fingerprint density at radius 3 is 2.93 bits per heavy atom. The minimum atomic E-state index is -0.250. The van der Waals surface area contributed by atoms with Crippen LogP contribution in [0.4, 0.5) is 0 Å². The first-order valence-electron chi connectivity index (χ1n) is 8.59. The van der Waals surface area contributed by atoms with Crippen LogP contribution in [0.25, 0.3) is 22.4 Å². The molecule has 2 aliphatic heterocycles. The summed E-state index contributed by atoms with van der Waals surface area (Å²) in [5.74, 6) is 0.628. The zero-order chi connectivity index (χ0) is 19.0. The zero-order valence-corrected chi connectivity index (χ0v) is 14.6. The van der Waals surface area contributed by atoms with Crippen LogP contribution in [-0.4, -0.2) is 69.2 Å². The van der Waals surface area contributed by atoms with Crippen LogP contribution in [0.2, 0.25) is 0 Å². The third-order valence-electron chi connectivity index (χ3n) is 5.28. The van der Waals surface area contributed by atoms with Crippen LogP contribution in [-0.2, 0) is 4.79 Å². The van der Waals surface area contributed by atoms with Crippen LogP contribution in [0.5, 0.6) is 0 Å². The summed E-state index contributed by atoms with van der Waals surface area (Å²) in [5.41, 5.74) is 2.18. The molecule has 27 heavy (non-hydrogen) atoms. The Bertz CT molecular complexity index is 965. The van der Waals surface area contributed by atoms with Gasteiger partial charge in [0.25, 0.3) is 6.47 Å². The standard InChI is InChI=1S/C17H17N5O2.CH2O2/c1-22-10-7-13(19-8-10)15(22)16(23)14-11-3-2-9(6-12(11)20-21-14)17-18-4-5-24-17;2-1-3/h2-6,10,13,15,19H,7-8H2,1H3,(H,20,21);1H,(H,2,3)/t10-,13+,15?;/m0./s1. The van der Waals surface area contributed by atoms with Crippen molar-refractivity contribution in [2.45, 2.75) is 24.5 Å². The Morgan fingerprint density at radius 1 is 1.44 bits per heavy atom. The van der Waals surface area contributed by atoms with E-state index in [1.807, 2.05) is 25.2 Å². The number of carbonyl (C=O) groups excluding carboxylic acids is 1. The van der Waals surface area contributed by atoms with E-state index in [1.165, 1.54) is 0 Å². The third kappa shape index (κ3) is 2.90. The number of likely N-dealkylation sites (N-methyl/N-ethyl adjacent to an activating group) is 1. The van der Waals surface area contributed by atoms with Crippen molar-refractivity contribution in [2.75, 3.05) is 13.6 Å². The molecular formula is C18H19N5O4. The molecule has 2 aliphatic rings. The molecule has 2 aromatic heterocycles. The normalized spacial score (nSPS) is 24.0. The van der Waals surface area contributed by atoms with Crippen LogP contribution in [0.15, 0.2) is 35.1 Å². The average molecular weight is 369 g/mol. The van der Waals surface area contributed by atoms with Crippen molar-refractivity contribution in [3.63, 3.8) is 0 Å². The second-order valence-electron chi connectivity index (χ2n) is 6.65. The average Bonchev–Trinajstić information content (AvgIpc) is 3.44. The van der Waals surface area contributed by atoms with Crippen molar-refractivity contribution in [1.29, 1.82) is 0 Å². The first-order chi connectivity index (χ1) is 13.1. The highest BCUT2D eigenvalue weighted by molar-refractivity contribution is 6.09. The minimum Gasteiger partial charge on any atom is -0.483 e. The van der Waals surface area contributed by atoms with E-state index in [9.17, 15) is 4.79 Å². The largest absolute Gasteiger partial charge is 0.483 e. The van der Waals surface area contributed by atoms with Gasteiger partial charge in [-0.2, -0.15) is 5.10 Å². The lowest BCUT2D eigenvalue weighted by molar-refractivity contribution is -0.122. The molecule has 140 valence electrons. The molecule has 0 aliphatic carbocycles. The SMILES string of the molecule is CN1C(C(=O)c2n[nH]c3cc(-c4ncco4)ccc23)[C@H]2C[C@H]1CN2.O=CO. The van der Waals surface area contributed by atoms with Gasteiger partial charge in [0.05, 0.1) is 17.8 Å². The lowest BCUT2D eigenvalue weighted by Crippen LogP contribution is -2.53. The lowest BCUT2D eigenvalue weighted by atomic mass is 10.0. The number of ketones is 1. The van der Waals surface area contributed by atoms with Crippen molar-refractivity contribution < 1.29 is 19.1 Å². The summed E-state index contributed by atoms with van der Waals surface area (Å²) in [5, 5.41) is 18.4. The van der Waals surface area contributed by atoms with Gasteiger partial charge in [0, 0.05) is 29.6 Å². The quantitative estimate of drug-likeness (QED) is 0.464. The highest BCUT2D eigenvalue weighted by Crippen LogP contribution is 2.31. The number of oxazole rings is 1. The molecule has 2 fully saturated rings.